The van der Waals surface area contributed by atoms with Crippen molar-refractivity contribution in [1.82, 2.24) is 0 Å². The van der Waals surface area contributed by atoms with Crippen LogP contribution in [0.1, 0.15) is 15.9 Å². The molecule has 0 aromatic heterocycles. The standard InChI is InChI=1S/C27H32N2OSe/c1-7-15-28(16-8-2)21-11-13-23-25(19-21)31(5,6)26-20-22(12-14-24(26)27(23)30)29(17-9-3)18-10-4/h7-14,19-20H,1-4,15-18H2,5-6H3. The first kappa shape index (κ1) is 22.9. The van der Waals surface area contributed by atoms with E-state index >= 15 is 0 Å². The Morgan fingerprint density at radius 2 is 1.06 bits per heavy atom. The molecule has 162 valence electrons. The fourth-order valence-corrected chi connectivity index (χ4v) is 9.31. The van der Waals surface area contributed by atoms with E-state index in [1.807, 2.05) is 48.6 Å². The van der Waals surface area contributed by atoms with E-state index in [4.69, 9.17) is 0 Å². The van der Waals surface area contributed by atoms with Crippen molar-refractivity contribution in [2.24, 2.45) is 0 Å². The number of ketones is 1. The molecule has 0 N–H and O–H groups in total. The van der Waals surface area contributed by atoms with E-state index in [2.05, 4.69) is 59.9 Å². The van der Waals surface area contributed by atoms with Gasteiger partial charge in [0.05, 0.1) is 0 Å². The summed E-state index contributed by atoms with van der Waals surface area (Å²) in [6, 6.07) is 12.6. The molecule has 0 atom stereocenters. The molecule has 1 heterocycles. The molecule has 0 radical (unpaired) electrons. The molecular formula is C27H32N2OSe. The Hall–Kier alpha value is -2.81. The predicted molar refractivity (Wildman–Crippen MR) is 138 cm³/mol. The molecule has 0 fully saturated rings. The number of carbonyl (C=O) groups is 1. The van der Waals surface area contributed by atoms with Crippen molar-refractivity contribution in [1.29, 1.82) is 0 Å². The van der Waals surface area contributed by atoms with Gasteiger partial charge in [0.2, 0.25) is 0 Å². The summed E-state index contributed by atoms with van der Waals surface area (Å²) in [4.78, 5) is 17.8. The molecule has 1 aliphatic heterocycles. The second-order valence-corrected chi connectivity index (χ2v) is 15.4. The molecule has 2 aromatic rings. The third-order valence-corrected chi connectivity index (χ3v) is 11.7. The fourth-order valence-electron chi connectivity index (χ4n) is 4.09. The SMILES string of the molecule is C=CCN(CC=C)c1ccc2c(c1)[Se](C)(C)c1cc(N(CC=C)CC=C)ccc1C2=O. The number of rotatable bonds is 10. The van der Waals surface area contributed by atoms with E-state index in [9.17, 15) is 4.79 Å². The minimum atomic E-state index is -2.32. The molecule has 0 unspecified atom stereocenters. The molecule has 31 heavy (non-hydrogen) atoms. The summed E-state index contributed by atoms with van der Waals surface area (Å²) in [6.45, 7) is 18.5. The van der Waals surface area contributed by atoms with Crippen LogP contribution in [0.15, 0.2) is 87.0 Å². The first-order chi connectivity index (χ1) is 14.9. The van der Waals surface area contributed by atoms with Crippen LogP contribution in [0.25, 0.3) is 0 Å². The van der Waals surface area contributed by atoms with Crippen molar-refractivity contribution in [3.05, 3.63) is 98.1 Å². The average Bonchev–Trinajstić information content (AvgIpc) is 2.77. The van der Waals surface area contributed by atoms with Crippen molar-refractivity contribution >= 4 is 38.9 Å². The summed E-state index contributed by atoms with van der Waals surface area (Å²) >= 11 is -2.32. The van der Waals surface area contributed by atoms with Crippen LogP contribution in [-0.4, -0.2) is 44.8 Å². The van der Waals surface area contributed by atoms with Gasteiger partial charge >= 0.3 is 189 Å². The summed E-state index contributed by atoms with van der Waals surface area (Å²) in [5.41, 5.74) is 3.91. The molecule has 2 aromatic carbocycles. The zero-order chi connectivity index (χ0) is 22.6. The van der Waals surface area contributed by atoms with Gasteiger partial charge in [-0.2, -0.15) is 0 Å². The molecule has 0 aliphatic carbocycles. The Labute approximate surface area is 189 Å². The number of anilines is 2. The number of hydrogen-bond donors (Lipinski definition) is 0. The fraction of sp³-hybridized carbons (Fsp3) is 0.222. The Morgan fingerprint density at radius 1 is 0.710 bits per heavy atom. The maximum absolute atomic E-state index is 13.4. The second kappa shape index (κ2) is 9.55. The van der Waals surface area contributed by atoms with Crippen LogP contribution in [0.3, 0.4) is 0 Å². The van der Waals surface area contributed by atoms with E-state index < -0.39 is 12.8 Å². The van der Waals surface area contributed by atoms with E-state index in [0.717, 1.165) is 48.7 Å². The van der Waals surface area contributed by atoms with E-state index in [-0.39, 0.29) is 5.78 Å². The second-order valence-electron chi connectivity index (χ2n) is 7.98. The van der Waals surface area contributed by atoms with Crippen molar-refractivity contribution in [2.45, 2.75) is 11.6 Å². The molecule has 0 saturated carbocycles. The van der Waals surface area contributed by atoms with Crippen molar-refractivity contribution < 1.29 is 4.79 Å². The van der Waals surface area contributed by atoms with Crippen LogP contribution in [0.5, 0.6) is 0 Å². The average molecular weight is 480 g/mol. The van der Waals surface area contributed by atoms with Crippen LogP contribution < -0.4 is 18.7 Å². The minimum absolute atomic E-state index is 0.123. The number of nitrogens with zero attached hydrogens (tertiary/aromatic N) is 2. The number of carbonyl (C=O) groups excluding carboxylic acids is 1. The van der Waals surface area contributed by atoms with Crippen LogP contribution in [0.2, 0.25) is 11.6 Å². The zero-order valence-corrected chi connectivity index (χ0v) is 20.4. The Kier molecular flexibility index (Phi) is 7.04. The third-order valence-electron chi connectivity index (χ3n) is 5.65. The topological polar surface area (TPSA) is 23.6 Å². The zero-order valence-electron chi connectivity index (χ0n) is 18.6. The summed E-state index contributed by atoms with van der Waals surface area (Å²) in [5.74, 6) is 4.83. The van der Waals surface area contributed by atoms with Crippen molar-refractivity contribution in [2.75, 3.05) is 36.0 Å². The molecule has 0 bridgehead atoms. The van der Waals surface area contributed by atoms with Crippen molar-refractivity contribution in [3.63, 3.8) is 0 Å². The Morgan fingerprint density at radius 3 is 1.39 bits per heavy atom. The van der Waals surface area contributed by atoms with Crippen molar-refractivity contribution in [3.8, 4) is 0 Å². The van der Waals surface area contributed by atoms with Gasteiger partial charge in [0, 0.05) is 0 Å². The van der Waals surface area contributed by atoms with Gasteiger partial charge in [-0.1, -0.05) is 0 Å². The van der Waals surface area contributed by atoms with Gasteiger partial charge in [0.15, 0.2) is 0 Å². The van der Waals surface area contributed by atoms with E-state index in [1.165, 1.54) is 8.92 Å². The quantitative estimate of drug-likeness (QED) is 0.373. The monoisotopic (exact) mass is 480 g/mol. The molecule has 3 rings (SSSR count). The summed E-state index contributed by atoms with van der Waals surface area (Å²) in [5, 5.41) is 0. The van der Waals surface area contributed by atoms with Gasteiger partial charge in [-0.05, 0) is 0 Å². The molecule has 3 nitrogen and oxygen atoms in total. The summed E-state index contributed by atoms with van der Waals surface area (Å²) < 4.78 is 2.42. The van der Waals surface area contributed by atoms with Gasteiger partial charge in [0.25, 0.3) is 0 Å². The number of benzene rings is 2. The van der Waals surface area contributed by atoms with Crippen LogP contribution >= 0.6 is 0 Å². The molecular weight excluding hydrogens is 447 g/mol. The summed E-state index contributed by atoms with van der Waals surface area (Å²) in [7, 11) is 0. The molecule has 0 saturated heterocycles. The number of fused-ring (bicyclic) bond motifs is 2. The van der Waals surface area contributed by atoms with Crippen LogP contribution in [0, 0.1) is 0 Å². The predicted octanol–water partition coefficient (Wildman–Crippen LogP) is 4.41. The Balaban J connectivity index is 2.12. The van der Waals surface area contributed by atoms with Gasteiger partial charge in [-0.25, -0.2) is 0 Å². The van der Waals surface area contributed by atoms with Gasteiger partial charge in [-0.15, -0.1) is 0 Å². The van der Waals surface area contributed by atoms with E-state index in [0.29, 0.717) is 0 Å². The van der Waals surface area contributed by atoms with Crippen LogP contribution in [0.4, 0.5) is 11.4 Å². The van der Waals surface area contributed by atoms with Crippen LogP contribution in [-0.2, 0) is 0 Å². The molecule has 4 heteroatoms. The number of hydrogen-bond acceptors (Lipinski definition) is 3. The normalized spacial score (nSPS) is 14.6. The molecule has 1 aliphatic rings. The van der Waals surface area contributed by atoms with Gasteiger partial charge in [-0.3, -0.25) is 0 Å². The van der Waals surface area contributed by atoms with Gasteiger partial charge in [0.1, 0.15) is 0 Å². The summed E-state index contributed by atoms with van der Waals surface area (Å²) in [6.07, 6.45) is 7.59. The molecule has 0 spiro atoms. The third kappa shape index (κ3) is 4.32. The maximum atomic E-state index is 13.4. The molecule has 0 amide bonds. The first-order valence-electron chi connectivity index (χ1n) is 10.4. The van der Waals surface area contributed by atoms with E-state index in [1.54, 1.807) is 0 Å². The Bertz CT molecular complexity index is 938. The first-order valence-corrected chi connectivity index (χ1v) is 15.5. The van der Waals surface area contributed by atoms with Gasteiger partial charge < -0.3 is 0 Å².